The molecular weight excluding hydrogens is 292 g/mol. The van der Waals surface area contributed by atoms with Crippen LogP contribution in [-0.2, 0) is 13.0 Å². The van der Waals surface area contributed by atoms with Crippen molar-refractivity contribution in [2.75, 3.05) is 31.6 Å². The summed E-state index contributed by atoms with van der Waals surface area (Å²) in [6, 6.07) is 0. The summed E-state index contributed by atoms with van der Waals surface area (Å²) in [6.07, 6.45) is 4.78. The third-order valence-electron chi connectivity index (χ3n) is 4.86. The number of piperidine rings is 1. The highest BCUT2D eigenvalue weighted by atomic mass is 16.5. The average Bonchev–Trinajstić information content (AvgIpc) is 3.01. The van der Waals surface area contributed by atoms with Gasteiger partial charge in [-0.2, -0.15) is 4.98 Å². The Morgan fingerprint density at radius 1 is 1.17 bits per heavy atom. The maximum Gasteiger partial charge on any atom is 0.229 e. The normalized spacial score (nSPS) is 19.8. The molecule has 7 nitrogen and oxygen atoms in total. The quantitative estimate of drug-likeness (QED) is 0.832. The molecule has 0 spiro atoms. The van der Waals surface area contributed by atoms with Crippen LogP contribution in [0.3, 0.4) is 0 Å². The first-order valence-electron chi connectivity index (χ1n) is 8.27. The summed E-state index contributed by atoms with van der Waals surface area (Å²) in [4.78, 5) is 18.2. The Bertz CT molecular complexity index is 692. The molecule has 0 aliphatic carbocycles. The Morgan fingerprint density at radius 3 is 2.74 bits per heavy atom. The van der Waals surface area contributed by atoms with Gasteiger partial charge in [-0.25, -0.2) is 9.97 Å². The SMILES string of the molecule is Cc1noc(C2CCN(c3ncnc4c3CN(C)CC4)CC2)n1. The molecule has 0 saturated carbocycles. The van der Waals surface area contributed by atoms with Gasteiger partial charge in [0.25, 0.3) is 0 Å². The van der Waals surface area contributed by atoms with E-state index < -0.39 is 0 Å². The first-order chi connectivity index (χ1) is 11.2. The van der Waals surface area contributed by atoms with Crippen LogP contribution in [0.15, 0.2) is 10.9 Å². The Morgan fingerprint density at radius 2 is 2.00 bits per heavy atom. The highest BCUT2D eigenvalue weighted by Gasteiger charge is 2.28. The number of likely N-dealkylation sites (N-methyl/N-ethyl adjacent to an activating group) is 1. The Labute approximate surface area is 135 Å². The summed E-state index contributed by atoms with van der Waals surface area (Å²) in [7, 11) is 2.16. The van der Waals surface area contributed by atoms with Gasteiger partial charge in [0, 0.05) is 44.1 Å². The number of aryl methyl sites for hydroxylation is 1. The predicted octanol–water partition coefficient (Wildman–Crippen LogP) is 1.54. The zero-order valence-electron chi connectivity index (χ0n) is 13.7. The van der Waals surface area contributed by atoms with E-state index >= 15 is 0 Å². The number of rotatable bonds is 2. The highest BCUT2D eigenvalue weighted by Crippen LogP contribution is 2.32. The molecule has 7 heteroatoms. The van der Waals surface area contributed by atoms with E-state index in [0.29, 0.717) is 5.92 Å². The standard InChI is InChI=1S/C16H22N6O/c1-11-19-16(23-20-11)12-3-7-22(8-4-12)15-13-9-21(2)6-5-14(13)17-10-18-15/h10,12H,3-9H2,1-2H3. The smallest absolute Gasteiger partial charge is 0.229 e. The molecule has 4 rings (SSSR count). The topological polar surface area (TPSA) is 71.2 Å². The fourth-order valence-electron chi connectivity index (χ4n) is 3.55. The summed E-state index contributed by atoms with van der Waals surface area (Å²) < 4.78 is 5.34. The lowest BCUT2D eigenvalue weighted by Crippen LogP contribution is -2.36. The molecule has 2 aliphatic rings. The van der Waals surface area contributed by atoms with Gasteiger partial charge in [-0.1, -0.05) is 5.16 Å². The van der Waals surface area contributed by atoms with Crippen molar-refractivity contribution in [1.82, 2.24) is 25.0 Å². The zero-order chi connectivity index (χ0) is 15.8. The van der Waals surface area contributed by atoms with Crippen LogP contribution in [0.4, 0.5) is 5.82 Å². The minimum absolute atomic E-state index is 0.368. The van der Waals surface area contributed by atoms with Gasteiger partial charge in [0.05, 0.1) is 5.69 Å². The van der Waals surface area contributed by atoms with Gasteiger partial charge < -0.3 is 14.3 Å². The van der Waals surface area contributed by atoms with E-state index in [1.807, 2.05) is 6.92 Å². The van der Waals surface area contributed by atoms with Gasteiger partial charge in [0.2, 0.25) is 5.89 Å². The van der Waals surface area contributed by atoms with E-state index in [1.165, 1.54) is 11.3 Å². The minimum atomic E-state index is 0.368. The monoisotopic (exact) mass is 314 g/mol. The van der Waals surface area contributed by atoms with E-state index in [0.717, 1.165) is 63.0 Å². The summed E-state index contributed by atoms with van der Waals surface area (Å²) in [5.74, 6) is 2.98. The molecule has 2 aromatic rings. The first-order valence-corrected chi connectivity index (χ1v) is 8.27. The van der Waals surface area contributed by atoms with Crippen LogP contribution < -0.4 is 4.90 Å². The third-order valence-corrected chi connectivity index (χ3v) is 4.86. The van der Waals surface area contributed by atoms with Gasteiger partial charge in [0.1, 0.15) is 12.1 Å². The number of hydrogen-bond donors (Lipinski definition) is 0. The van der Waals surface area contributed by atoms with Crippen molar-refractivity contribution in [3.63, 3.8) is 0 Å². The van der Waals surface area contributed by atoms with Crippen LogP contribution >= 0.6 is 0 Å². The molecule has 0 unspecified atom stereocenters. The molecular formula is C16H22N6O. The molecule has 0 amide bonds. The van der Waals surface area contributed by atoms with Crippen molar-refractivity contribution in [3.8, 4) is 0 Å². The lowest BCUT2D eigenvalue weighted by molar-refractivity contribution is 0.307. The van der Waals surface area contributed by atoms with Crippen molar-refractivity contribution in [3.05, 3.63) is 29.3 Å². The lowest BCUT2D eigenvalue weighted by Gasteiger charge is -2.34. The molecule has 0 bridgehead atoms. The number of fused-ring (bicyclic) bond motifs is 1. The van der Waals surface area contributed by atoms with Gasteiger partial charge in [-0.05, 0) is 26.8 Å². The maximum atomic E-state index is 5.34. The Kier molecular flexibility index (Phi) is 3.72. The molecule has 2 aliphatic heterocycles. The molecule has 0 N–H and O–H groups in total. The summed E-state index contributed by atoms with van der Waals surface area (Å²) in [5, 5.41) is 3.91. The number of hydrogen-bond acceptors (Lipinski definition) is 7. The predicted molar refractivity (Wildman–Crippen MR) is 85.3 cm³/mol. The molecule has 1 fully saturated rings. The molecule has 0 radical (unpaired) electrons. The van der Waals surface area contributed by atoms with Crippen molar-refractivity contribution in [1.29, 1.82) is 0 Å². The lowest BCUT2D eigenvalue weighted by atomic mass is 9.96. The van der Waals surface area contributed by atoms with E-state index in [2.05, 4.69) is 37.0 Å². The van der Waals surface area contributed by atoms with Gasteiger partial charge in [-0.15, -0.1) is 0 Å². The van der Waals surface area contributed by atoms with Crippen LogP contribution in [0.5, 0.6) is 0 Å². The maximum absolute atomic E-state index is 5.34. The molecule has 0 aromatic carbocycles. The van der Waals surface area contributed by atoms with Crippen LogP contribution in [0.2, 0.25) is 0 Å². The molecule has 4 heterocycles. The second-order valence-corrected chi connectivity index (χ2v) is 6.55. The molecule has 122 valence electrons. The van der Waals surface area contributed by atoms with Crippen molar-refractivity contribution in [2.24, 2.45) is 0 Å². The van der Waals surface area contributed by atoms with Crippen LogP contribution in [-0.4, -0.2) is 51.7 Å². The van der Waals surface area contributed by atoms with Crippen molar-refractivity contribution < 1.29 is 4.52 Å². The van der Waals surface area contributed by atoms with Gasteiger partial charge in [-0.3, -0.25) is 0 Å². The number of nitrogens with zero attached hydrogens (tertiary/aromatic N) is 6. The average molecular weight is 314 g/mol. The summed E-state index contributed by atoms with van der Waals surface area (Å²) in [5.41, 5.74) is 2.51. The molecule has 1 saturated heterocycles. The highest BCUT2D eigenvalue weighted by molar-refractivity contribution is 5.50. The Hall–Kier alpha value is -2.02. The first kappa shape index (κ1) is 14.6. The third kappa shape index (κ3) is 2.81. The van der Waals surface area contributed by atoms with E-state index in [1.54, 1.807) is 6.33 Å². The van der Waals surface area contributed by atoms with Gasteiger partial charge in [0.15, 0.2) is 5.82 Å². The Balaban J connectivity index is 1.51. The van der Waals surface area contributed by atoms with Crippen molar-refractivity contribution in [2.45, 2.75) is 38.6 Å². The number of aromatic nitrogens is 4. The van der Waals surface area contributed by atoms with E-state index in [9.17, 15) is 0 Å². The molecule has 0 atom stereocenters. The van der Waals surface area contributed by atoms with Crippen molar-refractivity contribution >= 4 is 5.82 Å². The van der Waals surface area contributed by atoms with Crippen LogP contribution in [0.1, 0.15) is 41.7 Å². The van der Waals surface area contributed by atoms with Crippen LogP contribution in [0, 0.1) is 6.92 Å². The fraction of sp³-hybridized carbons (Fsp3) is 0.625. The molecule has 2 aromatic heterocycles. The van der Waals surface area contributed by atoms with Gasteiger partial charge >= 0.3 is 0 Å². The minimum Gasteiger partial charge on any atom is -0.356 e. The second-order valence-electron chi connectivity index (χ2n) is 6.55. The summed E-state index contributed by atoms with van der Waals surface area (Å²) >= 11 is 0. The second kappa shape index (κ2) is 5.88. The van der Waals surface area contributed by atoms with E-state index in [-0.39, 0.29) is 0 Å². The largest absolute Gasteiger partial charge is 0.356 e. The summed E-state index contributed by atoms with van der Waals surface area (Å²) in [6.45, 7) is 5.82. The van der Waals surface area contributed by atoms with Crippen LogP contribution in [0.25, 0.3) is 0 Å². The zero-order valence-corrected chi connectivity index (χ0v) is 13.7. The number of anilines is 1. The fourth-order valence-corrected chi connectivity index (χ4v) is 3.55. The van der Waals surface area contributed by atoms with E-state index in [4.69, 9.17) is 4.52 Å². The molecule has 23 heavy (non-hydrogen) atoms.